The Morgan fingerprint density at radius 2 is 1.17 bits per heavy atom. The first-order valence-electron chi connectivity index (χ1n) is 20.0. The smallest absolute Gasteiger partial charge is 0.164 e. The maximum Gasteiger partial charge on any atom is 0.164 e. The summed E-state index contributed by atoms with van der Waals surface area (Å²) in [6, 6.07) is 49.1. The molecular weight excluding hydrogens is 711 g/mol. The van der Waals surface area contributed by atoms with Crippen LogP contribution in [0.15, 0.2) is 179 Å². The van der Waals surface area contributed by atoms with Gasteiger partial charge < -0.3 is 8.83 Å². The van der Waals surface area contributed by atoms with E-state index in [1.165, 1.54) is 16.3 Å². The average molecular weight is 746 g/mol. The molecule has 0 amide bonds. The number of rotatable bonds is 5. The highest BCUT2D eigenvalue weighted by molar-refractivity contribution is 6.12. The van der Waals surface area contributed by atoms with Gasteiger partial charge in [-0.05, 0) is 58.1 Å². The van der Waals surface area contributed by atoms with Crippen molar-refractivity contribution in [3.05, 3.63) is 193 Å². The molecule has 274 valence electrons. The lowest BCUT2D eigenvalue weighted by atomic mass is 9.91. The van der Waals surface area contributed by atoms with Gasteiger partial charge in [0.2, 0.25) is 0 Å². The van der Waals surface area contributed by atoms with E-state index in [1.807, 2.05) is 12.1 Å². The lowest BCUT2D eigenvalue weighted by Crippen LogP contribution is -2.06. The summed E-state index contributed by atoms with van der Waals surface area (Å²) < 4.78 is 13.4. The van der Waals surface area contributed by atoms with Crippen molar-refractivity contribution in [1.29, 1.82) is 0 Å². The molecule has 7 aromatic carbocycles. The van der Waals surface area contributed by atoms with Crippen LogP contribution in [0.1, 0.15) is 41.5 Å². The number of benzene rings is 7. The number of furan rings is 2. The van der Waals surface area contributed by atoms with E-state index < -0.39 is 0 Å². The number of hydrogen-bond acceptors (Lipinski definition) is 5. The van der Waals surface area contributed by atoms with Crippen molar-refractivity contribution in [2.75, 3.05) is 0 Å². The Kier molecular flexibility index (Phi) is 7.42. The van der Waals surface area contributed by atoms with E-state index in [9.17, 15) is 0 Å². The van der Waals surface area contributed by atoms with E-state index in [-0.39, 0.29) is 0 Å². The van der Waals surface area contributed by atoms with Gasteiger partial charge in [0, 0.05) is 61.9 Å². The second-order valence-electron chi connectivity index (χ2n) is 15.4. The highest BCUT2D eigenvalue weighted by Crippen LogP contribution is 2.44. The molecule has 12 rings (SSSR count). The molecule has 10 aromatic rings. The van der Waals surface area contributed by atoms with Crippen LogP contribution in [0.5, 0.6) is 0 Å². The SMILES string of the molecule is C1=CCC(c2ccc3cc(-c4nc(C5=CCCc6oc7c(-c8cccc9c8oc8ccccc89)cccc7c65)nc(-c5ccc6ccccc6c5)n4)ccc3c2)C=C1. The standard InChI is InChI=1S/C53H35N3O2/c1-2-11-32(12-3-1)35-24-25-37-31-39(28-26-36(37)29-35)52-54-51(38-27-23-33-13-4-5-14-34(33)30-38)55-53(56-52)45-20-10-22-47-48(45)44-19-9-18-43(50(44)58-47)42-17-8-16-41-40-15-6-7-21-46(40)57-49(41)42/h1-9,11,13-21,23-32H,10,12,22H2. The van der Waals surface area contributed by atoms with Crippen LogP contribution in [-0.2, 0) is 6.42 Å². The van der Waals surface area contributed by atoms with Gasteiger partial charge in [-0.3, -0.25) is 0 Å². The monoisotopic (exact) mass is 745 g/mol. The van der Waals surface area contributed by atoms with Crippen molar-refractivity contribution in [2.24, 2.45) is 0 Å². The fourth-order valence-electron chi connectivity index (χ4n) is 9.01. The number of hydrogen-bond donors (Lipinski definition) is 0. The zero-order valence-corrected chi connectivity index (χ0v) is 31.5. The number of fused-ring (bicyclic) bond motifs is 8. The van der Waals surface area contributed by atoms with Crippen LogP contribution in [0.3, 0.4) is 0 Å². The van der Waals surface area contributed by atoms with Crippen LogP contribution in [0.25, 0.3) is 93.9 Å². The maximum atomic E-state index is 6.87. The maximum absolute atomic E-state index is 6.87. The molecule has 0 spiro atoms. The Labute approximate surface area is 334 Å². The van der Waals surface area contributed by atoms with Crippen molar-refractivity contribution in [3.8, 4) is 33.9 Å². The summed E-state index contributed by atoms with van der Waals surface area (Å²) in [7, 11) is 0. The molecule has 0 fully saturated rings. The summed E-state index contributed by atoms with van der Waals surface area (Å²) in [5, 5.41) is 7.89. The van der Waals surface area contributed by atoms with E-state index in [4.69, 9.17) is 23.8 Å². The van der Waals surface area contributed by atoms with E-state index in [1.54, 1.807) is 0 Å². The molecule has 3 aromatic heterocycles. The minimum Gasteiger partial charge on any atom is -0.460 e. The summed E-state index contributed by atoms with van der Waals surface area (Å²) in [4.78, 5) is 15.7. The molecule has 0 saturated heterocycles. The number of aryl methyl sites for hydroxylation is 1. The fourth-order valence-corrected chi connectivity index (χ4v) is 9.01. The van der Waals surface area contributed by atoms with Gasteiger partial charge in [0.25, 0.3) is 0 Å². The van der Waals surface area contributed by atoms with Gasteiger partial charge in [-0.1, -0.05) is 152 Å². The molecule has 1 unspecified atom stereocenters. The van der Waals surface area contributed by atoms with Crippen molar-refractivity contribution >= 4 is 60.0 Å². The Bertz CT molecular complexity index is 3400. The number of nitrogens with zero attached hydrogens (tertiary/aromatic N) is 3. The Morgan fingerprint density at radius 3 is 1.98 bits per heavy atom. The van der Waals surface area contributed by atoms with Crippen molar-refractivity contribution in [2.45, 2.75) is 25.2 Å². The van der Waals surface area contributed by atoms with Crippen LogP contribution in [0.4, 0.5) is 0 Å². The van der Waals surface area contributed by atoms with Gasteiger partial charge in [-0.25, -0.2) is 15.0 Å². The second-order valence-corrected chi connectivity index (χ2v) is 15.4. The van der Waals surface area contributed by atoms with Gasteiger partial charge in [0.05, 0.1) is 0 Å². The summed E-state index contributed by atoms with van der Waals surface area (Å²) in [6.07, 6.45) is 13.7. The normalized spacial score (nSPS) is 15.2. The zero-order chi connectivity index (χ0) is 38.2. The van der Waals surface area contributed by atoms with Crippen LogP contribution < -0.4 is 0 Å². The topological polar surface area (TPSA) is 65.0 Å². The predicted molar refractivity (Wildman–Crippen MR) is 236 cm³/mol. The average Bonchev–Trinajstić information content (AvgIpc) is 3.88. The van der Waals surface area contributed by atoms with Crippen molar-refractivity contribution in [1.82, 2.24) is 15.0 Å². The third-order valence-electron chi connectivity index (χ3n) is 11.9. The zero-order valence-electron chi connectivity index (χ0n) is 31.5. The van der Waals surface area contributed by atoms with Gasteiger partial charge in [0.1, 0.15) is 22.5 Å². The number of para-hydroxylation sites is 3. The lowest BCUT2D eigenvalue weighted by Gasteiger charge is -2.15. The van der Waals surface area contributed by atoms with Crippen LogP contribution in [0, 0.1) is 0 Å². The molecule has 0 bridgehead atoms. The largest absolute Gasteiger partial charge is 0.460 e. The molecule has 5 heteroatoms. The third-order valence-corrected chi connectivity index (χ3v) is 11.9. The van der Waals surface area contributed by atoms with Crippen molar-refractivity contribution < 1.29 is 8.83 Å². The van der Waals surface area contributed by atoms with E-state index in [2.05, 4.69) is 158 Å². The first-order valence-corrected chi connectivity index (χ1v) is 20.0. The number of aromatic nitrogens is 3. The van der Waals surface area contributed by atoms with Crippen LogP contribution in [-0.4, -0.2) is 15.0 Å². The predicted octanol–water partition coefficient (Wildman–Crippen LogP) is 13.8. The minimum atomic E-state index is 0.396. The summed E-state index contributed by atoms with van der Waals surface area (Å²) in [6.45, 7) is 0. The molecule has 3 heterocycles. The van der Waals surface area contributed by atoms with Crippen LogP contribution in [0.2, 0.25) is 0 Å². The third kappa shape index (κ3) is 5.35. The molecule has 1 atom stereocenters. The molecule has 0 aliphatic heterocycles. The van der Waals surface area contributed by atoms with Gasteiger partial charge in [-0.2, -0.15) is 0 Å². The molecule has 2 aliphatic carbocycles. The first kappa shape index (κ1) is 32.8. The quantitative estimate of drug-likeness (QED) is 0.175. The van der Waals surface area contributed by atoms with Gasteiger partial charge in [-0.15, -0.1) is 0 Å². The molecule has 2 aliphatic rings. The summed E-state index contributed by atoms with van der Waals surface area (Å²) in [5.74, 6) is 3.24. The molecule has 0 saturated carbocycles. The molecule has 0 N–H and O–H groups in total. The first-order chi connectivity index (χ1) is 28.7. The minimum absolute atomic E-state index is 0.396. The molecule has 0 radical (unpaired) electrons. The lowest BCUT2D eigenvalue weighted by molar-refractivity contribution is 0.546. The van der Waals surface area contributed by atoms with Gasteiger partial charge in [0.15, 0.2) is 17.5 Å². The fraction of sp³-hybridized carbons (Fsp3) is 0.0755. The van der Waals surface area contributed by atoms with Gasteiger partial charge >= 0.3 is 0 Å². The Hall–Kier alpha value is -7.37. The summed E-state index contributed by atoms with van der Waals surface area (Å²) in [5.41, 5.74) is 9.80. The summed E-state index contributed by atoms with van der Waals surface area (Å²) >= 11 is 0. The second kappa shape index (κ2) is 13.1. The number of allylic oxidation sites excluding steroid dienone is 5. The molecule has 5 nitrogen and oxygen atoms in total. The Morgan fingerprint density at radius 1 is 0.517 bits per heavy atom. The Balaban J connectivity index is 1.01. The van der Waals surface area contributed by atoms with E-state index in [0.717, 1.165) is 102 Å². The molecule has 58 heavy (non-hydrogen) atoms. The molecular formula is C53H35N3O2. The highest BCUT2D eigenvalue weighted by Gasteiger charge is 2.27. The highest BCUT2D eigenvalue weighted by atomic mass is 16.3. The van der Waals surface area contributed by atoms with E-state index in [0.29, 0.717) is 23.4 Å². The van der Waals surface area contributed by atoms with E-state index >= 15 is 0 Å². The van der Waals surface area contributed by atoms with Crippen molar-refractivity contribution in [3.63, 3.8) is 0 Å². The van der Waals surface area contributed by atoms with Crippen LogP contribution >= 0.6 is 0 Å².